The molecule has 0 unspecified atom stereocenters. The number of rotatable bonds is 7. The molecule has 3 aromatic rings. The molecule has 3 heterocycles. The van der Waals surface area contributed by atoms with E-state index in [9.17, 15) is 9.59 Å². The van der Waals surface area contributed by atoms with Gasteiger partial charge in [0.15, 0.2) is 5.65 Å². The van der Waals surface area contributed by atoms with Crippen molar-refractivity contribution >= 4 is 16.9 Å². The Morgan fingerprint density at radius 3 is 2.53 bits per heavy atom. The Bertz CT molecular complexity index is 1100. The topological polar surface area (TPSA) is 90.4 Å². The zero-order valence-corrected chi connectivity index (χ0v) is 18.8. The third kappa shape index (κ3) is 4.89. The molecule has 1 amide bonds. The van der Waals surface area contributed by atoms with Crippen molar-refractivity contribution in [2.45, 2.75) is 26.8 Å². The van der Waals surface area contributed by atoms with Crippen molar-refractivity contribution in [1.82, 2.24) is 34.4 Å². The monoisotopic (exact) mass is 437 g/mol. The molecule has 0 spiro atoms. The van der Waals surface area contributed by atoms with Crippen LogP contribution in [0.3, 0.4) is 0 Å². The number of likely N-dealkylation sites (N-methyl/N-ethyl adjacent to an activating group) is 1. The number of hydrogen-bond donors (Lipinski definition) is 1. The van der Waals surface area contributed by atoms with E-state index in [1.165, 1.54) is 0 Å². The maximum Gasteiger partial charge on any atom is 0.262 e. The molecular formula is C23H31N7O2. The van der Waals surface area contributed by atoms with Crippen LogP contribution in [0.15, 0.2) is 41.3 Å². The number of aromatic amines is 1. The molecule has 0 aliphatic carbocycles. The van der Waals surface area contributed by atoms with Crippen molar-refractivity contribution in [3.63, 3.8) is 0 Å². The molecule has 1 aliphatic rings. The van der Waals surface area contributed by atoms with Crippen LogP contribution in [0.25, 0.3) is 16.7 Å². The molecule has 1 aliphatic heterocycles. The van der Waals surface area contributed by atoms with Crippen LogP contribution in [0.2, 0.25) is 0 Å². The van der Waals surface area contributed by atoms with Crippen LogP contribution in [0.5, 0.6) is 0 Å². The third-order valence-electron chi connectivity index (χ3n) is 6.02. The van der Waals surface area contributed by atoms with E-state index >= 15 is 0 Å². The van der Waals surface area contributed by atoms with Crippen molar-refractivity contribution in [3.05, 3.63) is 52.7 Å². The number of benzene rings is 1. The number of amides is 1. The first-order valence-corrected chi connectivity index (χ1v) is 11.3. The normalized spacial score (nSPS) is 15.7. The van der Waals surface area contributed by atoms with Crippen LogP contribution in [-0.2, 0) is 11.3 Å². The highest BCUT2D eigenvalue weighted by Crippen LogP contribution is 2.14. The van der Waals surface area contributed by atoms with Crippen molar-refractivity contribution < 1.29 is 4.79 Å². The lowest BCUT2D eigenvalue weighted by atomic mass is 10.3. The Labute approximate surface area is 187 Å². The molecular weight excluding hydrogens is 406 g/mol. The van der Waals surface area contributed by atoms with E-state index < -0.39 is 0 Å². The van der Waals surface area contributed by atoms with Gasteiger partial charge in [0.25, 0.3) is 5.56 Å². The molecule has 4 rings (SSSR count). The minimum absolute atomic E-state index is 0.173. The second-order valence-electron chi connectivity index (χ2n) is 8.11. The van der Waals surface area contributed by atoms with E-state index in [1.54, 1.807) is 10.9 Å². The molecule has 1 fully saturated rings. The van der Waals surface area contributed by atoms with Crippen LogP contribution in [-0.4, -0.2) is 86.2 Å². The maximum absolute atomic E-state index is 12.6. The molecule has 32 heavy (non-hydrogen) atoms. The van der Waals surface area contributed by atoms with Gasteiger partial charge in [-0.1, -0.05) is 18.2 Å². The fraction of sp³-hybridized carbons (Fsp3) is 0.478. The SMILES string of the molecule is CCN(CC)C(=O)CN1CCCN(Cc2nc3c(cnn3-c3ccccc3)c(=O)[nH]2)CC1. The fourth-order valence-corrected chi connectivity index (χ4v) is 4.22. The van der Waals surface area contributed by atoms with Crippen molar-refractivity contribution in [3.8, 4) is 5.69 Å². The lowest BCUT2D eigenvalue weighted by Crippen LogP contribution is -2.41. The predicted molar refractivity (Wildman–Crippen MR) is 124 cm³/mol. The highest BCUT2D eigenvalue weighted by Gasteiger charge is 2.20. The fourth-order valence-electron chi connectivity index (χ4n) is 4.22. The Kier molecular flexibility index (Phi) is 6.96. The molecule has 9 nitrogen and oxygen atoms in total. The summed E-state index contributed by atoms with van der Waals surface area (Å²) < 4.78 is 1.71. The summed E-state index contributed by atoms with van der Waals surface area (Å²) >= 11 is 0. The number of carbonyl (C=O) groups is 1. The summed E-state index contributed by atoms with van der Waals surface area (Å²) in [5.74, 6) is 0.821. The zero-order chi connectivity index (χ0) is 22.5. The van der Waals surface area contributed by atoms with Gasteiger partial charge in [-0.2, -0.15) is 5.10 Å². The van der Waals surface area contributed by atoms with E-state index in [-0.39, 0.29) is 11.5 Å². The summed E-state index contributed by atoms with van der Waals surface area (Å²) in [6.07, 6.45) is 2.54. The highest BCUT2D eigenvalue weighted by atomic mass is 16.2. The second kappa shape index (κ2) is 10.1. The zero-order valence-electron chi connectivity index (χ0n) is 18.8. The Balaban J connectivity index is 1.46. The number of hydrogen-bond acceptors (Lipinski definition) is 6. The molecule has 0 atom stereocenters. The van der Waals surface area contributed by atoms with Crippen molar-refractivity contribution in [2.75, 3.05) is 45.8 Å². The number of para-hydroxylation sites is 1. The van der Waals surface area contributed by atoms with Gasteiger partial charge in [0.05, 0.1) is 25.0 Å². The number of fused-ring (bicyclic) bond motifs is 1. The average molecular weight is 438 g/mol. The van der Waals surface area contributed by atoms with Gasteiger partial charge in [0.1, 0.15) is 11.2 Å². The number of H-pyrrole nitrogens is 1. The lowest BCUT2D eigenvalue weighted by Gasteiger charge is -2.25. The van der Waals surface area contributed by atoms with E-state index in [2.05, 4.69) is 19.9 Å². The van der Waals surface area contributed by atoms with E-state index in [0.717, 1.165) is 51.4 Å². The highest BCUT2D eigenvalue weighted by molar-refractivity contribution is 5.78. The molecule has 9 heteroatoms. The summed E-state index contributed by atoms with van der Waals surface area (Å²) in [4.78, 5) is 39.1. The van der Waals surface area contributed by atoms with E-state index in [1.807, 2.05) is 49.1 Å². The van der Waals surface area contributed by atoms with Gasteiger partial charge in [-0.25, -0.2) is 9.67 Å². The van der Waals surface area contributed by atoms with Gasteiger partial charge in [-0.15, -0.1) is 0 Å². The van der Waals surface area contributed by atoms with Crippen LogP contribution >= 0.6 is 0 Å². The van der Waals surface area contributed by atoms with Gasteiger partial charge in [-0.05, 0) is 45.5 Å². The largest absolute Gasteiger partial charge is 0.342 e. The summed E-state index contributed by atoms with van der Waals surface area (Å²) in [6.45, 7) is 9.98. The number of nitrogens with one attached hydrogen (secondary N) is 1. The minimum Gasteiger partial charge on any atom is -0.342 e. The lowest BCUT2D eigenvalue weighted by molar-refractivity contribution is -0.132. The summed E-state index contributed by atoms with van der Waals surface area (Å²) in [7, 11) is 0. The standard InChI is InChI=1S/C23H31N7O2/c1-3-29(4-2)21(31)17-28-12-8-11-27(13-14-28)16-20-25-22-19(23(32)26-20)15-24-30(22)18-9-6-5-7-10-18/h5-7,9-10,15H,3-4,8,11-14,16-17H2,1-2H3,(H,25,26,32). The van der Waals surface area contributed by atoms with Crippen molar-refractivity contribution in [2.24, 2.45) is 0 Å². The van der Waals surface area contributed by atoms with Crippen LogP contribution in [0.1, 0.15) is 26.1 Å². The first-order chi connectivity index (χ1) is 15.6. The number of carbonyl (C=O) groups excluding carboxylic acids is 1. The predicted octanol–water partition coefficient (Wildman–Crippen LogP) is 1.48. The van der Waals surface area contributed by atoms with Gasteiger partial charge >= 0.3 is 0 Å². The van der Waals surface area contributed by atoms with Gasteiger partial charge in [0.2, 0.25) is 5.91 Å². The van der Waals surface area contributed by atoms with Crippen LogP contribution in [0, 0.1) is 0 Å². The summed E-state index contributed by atoms with van der Waals surface area (Å²) in [6, 6.07) is 9.70. The van der Waals surface area contributed by atoms with E-state index in [4.69, 9.17) is 4.98 Å². The average Bonchev–Trinajstić information content (AvgIpc) is 3.11. The Morgan fingerprint density at radius 1 is 1.06 bits per heavy atom. The summed E-state index contributed by atoms with van der Waals surface area (Å²) in [5, 5.41) is 4.85. The van der Waals surface area contributed by atoms with Crippen LogP contribution < -0.4 is 5.56 Å². The summed E-state index contributed by atoms with van der Waals surface area (Å²) in [5.41, 5.74) is 1.26. The molecule has 1 saturated heterocycles. The minimum atomic E-state index is -0.173. The Hall–Kier alpha value is -3.04. The van der Waals surface area contributed by atoms with Gasteiger partial charge in [0, 0.05) is 26.2 Å². The van der Waals surface area contributed by atoms with Gasteiger partial charge < -0.3 is 9.88 Å². The number of nitrogens with zero attached hydrogens (tertiary/aromatic N) is 6. The third-order valence-corrected chi connectivity index (χ3v) is 6.02. The first kappa shape index (κ1) is 22.2. The molecule has 1 aromatic carbocycles. The second-order valence-corrected chi connectivity index (χ2v) is 8.11. The van der Waals surface area contributed by atoms with E-state index in [0.29, 0.717) is 29.9 Å². The molecule has 0 saturated carbocycles. The smallest absolute Gasteiger partial charge is 0.262 e. The quantitative estimate of drug-likeness (QED) is 0.602. The first-order valence-electron chi connectivity index (χ1n) is 11.3. The maximum atomic E-state index is 12.6. The van der Waals surface area contributed by atoms with Gasteiger partial charge in [-0.3, -0.25) is 19.4 Å². The molecule has 170 valence electrons. The molecule has 2 aromatic heterocycles. The van der Waals surface area contributed by atoms with Crippen LogP contribution in [0.4, 0.5) is 0 Å². The molecule has 1 N–H and O–H groups in total. The molecule has 0 bridgehead atoms. The van der Waals surface area contributed by atoms with Crippen molar-refractivity contribution in [1.29, 1.82) is 0 Å². The molecule has 0 radical (unpaired) electrons. The number of aromatic nitrogens is 4. The Morgan fingerprint density at radius 2 is 1.78 bits per heavy atom.